The topological polar surface area (TPSA) is 87.0 Å². The van der Waals surface area contributed by atoms with Gasteiger partial charge in [0, 0.05) is 37.9 Å². The Labute approximate surface area is 244 Å². The van der Waals surface area contributed by atoms with E-state index in [0.717, 1.165) is 88.1 Å². The molecule has 0 radical (unpaired) electrons. The Balaban J connectivity index is 1.20. The highest BCUT2D eigenvalue weighted by molar-refractivity contribution is 6.13. The van der Waals surface area contributed by atoms with Crippen molar-refractivity contribution in [2.75, 3.05) is 0 Å². The number of benzene rings is 6. The van der Waals surface area contributed by atoms with Gasteiger partial charge in [-0.05, 0) is 89.5 Å². The molecule has 6 aromatic carbocycles. The lowest BCUT2D eigenvalue weighted by atomic mass is 9.98. The maximum Gasteiger partial charge on any atom is 0.143 e. The van der Waals surface area contributed by atoms with Crippen LogP contribution in [-0.4, -0.2) is 0 Å². The van der Waals surface area contributed by atoms with Crippen LogP contribution in [-0.2, 0) is 0 Å². The van der Waals surface area contributed by atoms with E-state index in [1.54, 1.807) is 12.1 Å². The molecule has 0 fully saturated rings. The van der Waals surface area contributed by atoms with Crippen molar-refractivity contribution in [1.29, 1.82) is 10.5 Å². The Morgan fingerprint density at radius 1 is 0.395 bits per heavy atom. The van der Waals surface area contributed by atoms with E-state index in [1.165, 1.54) is 0 Å². The van der Waals surface area contributed by atoms with Crippen molar-refractivity contribution in [1.82, 2.24) is 0 Å². The van der Waals surface area contributed by atoms with E-state index in [2.05, 4.69) is 60.7 Å². The normalized spacial score (nSPS) is 11.7. The maximum absolute atomic E-state index is 9.41. The second-order valence-corrected chi connectivity index (χ2v) is 10.8. The van der Waals surface area contributed by atoms with Crippen molar-refractivity contribution in [2.45, 2.75) is 0 Å². The summed E-state index contributed by atoms with van der Waals surface area (Å²) in [6.45, 7) is 0. The number of nitriles is 2. The SMILES string of the molecule is N#Cc1ccc2oc3ccc(-c4ccc5oc6c(-c7ccc8oc9ccc(C#N)cc9c8c7)cccc6c5c4)cc3c2c1. The first-order chi connectivity index (χ1) is 21.2. The average Bonchev–Trinajstić information content (AvgIpc) is 3.74. The van der Waals surface area contributed by atoms with E-state index in [9.17, 15) is 10.5 Å². The molecule has 0 amide bonds. The molecule has 0 bridgehead atoms. The van der Waals surface area contributed by atoms with E-state index >= 15 is 0 Å². The Bertz CT molecular complexity index is 2710. The van der Waals surface area contributed by atoms with Gasteiger partial charge in [-0.1, -0.05) is 36.4 Å². The van der Waals surface area contributed by atoms with Gasteiger partial charge in [0.15, 0.2) is 0 Å². The zero-order valence-corrected chi connectivity index (χ0v) is 22.5. The first-order valence-electron chi connectivity index (χ1n) is 13.9. The van der Waals surface area contributed by atoms with Crippen LogP contribution in [0.3, 0.4) is 0 Å². The minimum atomic E-state index is 0.600. The monoisotopic (exact) mass is 550 g/mol. The van der Waals surface area contributed by atoms with Crippen molar-refractivity contribution >= 4 is 65.8 Å². The van der Waals surface area contributed by atoms with Gasteiger partial charge in [-0.2, -0.15) is 10.5 Å². The van der Waals surface area contributed by atoms with Crippen LogP contribution in [0, 0.1) is 22.7 Å². The number of nitrogens with zero attached hydrogens (tertiary/aromatic N) is 2. The van der Waals surface area contributed by atoms with Crippen molar-refractivity contribution < 1.29 is 13.3 Å². The molecule has 9 rings (SSSR count). The average molecular weight is 551 g/mol. The minimum absolute atomic E-state index is 0.600. The lowest BCUT2D eigenvalue weighted by molar-refractivity contribution is 0.668. The fourth-order valence-corrected chi connectivity index (χ4v) is 6.25. The van der Waals surface area contributed by atoms with Gasteiger partial charge in [-0.3, -0.25) is 0 Å². The Morgan fingerprint density at radius 2 is 0.837 bits per heavy atom. The molecule has 5 nitrogen and oxygen atoms in total. The van der Waals surface area contributed by atoms with Gasteiger partial charge in [0.1, 0.15) is 33.5 Å². The minimum Gasteiger partial charge on any atom is -0.456 e. The van der Waals surface area contributed by atoms with Crippen molar-refractivity contribution in [3.05, 3.63) is 120 Å². The van der Waals surface area contributed by atoms with E-state index in [1.807, 2.05) is 48.5 Å². The summed E-state index contributed by atoms with van der Waals surface area (Å²) in [5.74, 6) is 0. The molecule has 0 aliphatic carbocycles. The molecule has 0 saturated carbocycles. The summed E-state index contributed by atoms with van der Waals surface area (Å²) in [7, 11) is 0. The maximum atomic E-state index is 9.41. The summed E-state index contributed by atoms with van der Waals surface area (Å²) in [6, 6.07) is 40.2. The van der Waals surface area contributed by atoms with Crippen LogP contribution >= 0.6 is 0 Å². The highest BCUT2D eigenvalue weighted by atomic mass is 16.3. The van der Waals surface area contributed by atoms with Crippen LogP contribution in [0.5, 0.6) is 0 Å². The second-order valence-electron chi connectivity index (χ2n) is 10.8. The highest BCUT2D eigenvalue weighted by Crippen LogP contribution is 2.40. The largest absolute Gasteiger partial charge is 0.456 e. The predicted molar refractivity (Wildman–Crippen MR) is 169 cm³/mol. The summed E-state index contributed by atoms with van der Waals surface area (Å²) in [5.41, 5.74) is 10.0. The molecular formula is C38H18N2O3. The summed E-state index contributed by atoms with van der Waals surface area (Å²) in [4.78, 5) is 0. The van der Waals surface area contributed by atoms with E-state index < -0.39 is 0 Å². The number of furan rings is 3. The molecule has 198 valence electrons. The molecule has 5 heteroatoms. The molecule has 0 spiro atoms. The lowest BCUT2D eigenvalue weighted by Gasteiger charge is -2.03. The number of para-hydroxylation sites is 1. The second kappa shape index (κ2) is 8.60. The Morgan fingerprint density at radius 3 is 1.40 bits per heavy atom. The summed E-state index contributed by atoms with van der Waals surface area (Å²) < 4.78 is 18.5. The summed E-state index contributed by atoms with van der Waals surface area (Å²) in [5, 5.41) is 24.7. The lowest BCUT2D eigenvalue weighted by Crippen LogP contribution is -1.80. The molecule has 0 saturated heterocycles. The molecule has 3 aromatic heterocycles. The Kier molecular flexibility index (Phi) is 4.68. The molecule has 0 atom stereocenters. The van der Waals surface area contributed by atoms with Gasteiger partial charge in [0.2, 0.25) is 0 Å². The highest BCUT2D eigenvalue weighted by Gasteiger charge is 2.16. The standard InChI is InChI=1S/C38H18N2O3/c39-19-21-4-9-33-28(14-21)31-17-24(6-11-35(31)41-33)23-7-12-37-30(16-23)27-3-1-2-26(38(27)43-37)25-8-13-36-32(18-25)29-15-22(20-40)5-10-34(29)42-36/h1-18H. The quantitative estimate of drug-likeness (QED) is 0.214. The Hall–Kier alpha value is -6.30. The van der Waals surface area contributed by atoms with Gasteiger partial charge in [-0.15, -0.1) is 0 Å². The van der Waals surface area contributed by atoms with E-state index in [0.29, 0.717) is 11.1 Å². The molecule has 0 aliphatic heterocycles. The van der Waals surface area contributed by atoms with Gasteiger partial charge >= 0.3 is 0 Å². The third-order valence-corrected chi connectivity index (χ3v) is 8.34. The fraction of sp³-hybridized carbons (Fsp3) is 0. The third kappa shape index (κ3) is 3.43. The number of fused-ring (bicyclic) bond motifs is 9. The molecular weight excluding hydrogens is 532 g/mol. The molecule has 0 unspecified atom stereocenters. The fourth-order valence-electron chi connectivity index (χ4n) is 6.25. The summed E-state index contributed by atoms with van der Waals surface area (Å²) in [6.07, 6.45) is 0. The van der Waals surface area contributed by atoms with Gasteiger partial charge in [-0.25, -0.2) is 0 Å². The van der Waals surface area contributed by atoms with Gasteiger partial charge < -0.3 is 13.3 Å². The van der Waals surface area contributed by atoms with Crippen LogP contribution in [0.25, 0.3) is 88.1 Å². The molecule has 3 heterocycles. The molecule has 43 heavy (non-hydrogen) atoms. The first kappa shape index (κ1) is 23.4. The van der Waals surface area contributed by atoms with Crippen molar-refractivity contribution in [2.24, 2.45) is 0 Å². The zero-order valence-electron chi connectivity index (χ0n) is 22.5. The van der Waals surface area contributed by atoms with Crippen LogP contribution in [0.2, 0.25) is 0 Å². The van der Waals surface area contributed by atoms with Crippen LogP contribution in [0.15, 0.2) is 122 Å². The van der Waals surface area contributed by atoms with E-state index in [4.69, 9.17) is 13.3 Å². The van der Waals surface area contributed by atoms with Crippen LogP contribution < -0.4 is 0 Å². The molecule has 9 aromatic rings. The third-order valence-electron chi connectivity index (χ3n) is 8.34. The van der Waals surface area contributed by atoms with Crippen molar-refractivity contribution in [3.8, 4) is 34.4 Å². The van der Waals surface area contributed by atoms with Gasteiger partial charge in [0.05, 0.1) is 23.3 Å². The van der Waals surface area contributed by atoms with Gasteiger partial charge in [0.25, 0.3) is 0 Å². The predicted octanol–water partition coefficient (Wildman–Crippen LogP) is 10.5. The zero-order chi connectivity index (χ0) is 28.7. The smallest absolute Gasteiger partial charge is 0.143 e. The number of hydrogen-bond donors (Lipinski definition) is 0. The van der Waals surface area contributed by atoms with Crippen LogP contribution in [0.1, 0.15) is 11.1 Å². The first-order valence-corrected chi connectivity index (χ1v) is 13.9. The number of hydrogen-bond acceptors (Lipinski definition) is 5. The van der Waals surface area contributed by atoms with Crippen molar-refractivity contribution in [3.63, 3.8) is 0 Å². The van der Waals surface area contributed by atoms with Crippen LogP contribution in [0.4, 0.5) is 0 Å². The van der Waals surface area contributed by atoms with E-state index in [-0.39, 0.29) is 0 Å². The molecule has 0 N–H and O–H groups in total. The number of rotatable bonds is 2. The summed E-state index contributed by atoms with van der Waals surface area (Å²) >= 11 is 0. The molecule has 0 aliphatic rings.